The van der Waals surface area contributed by atoms with Gasteiger partial charge in [0.25, 0.3) is 0 Å². The zero-order chi connectivity index (χ0) is 6.41. The summed E-state index contributed by atoms with van der Waals surface area (Å²) in [5.41, 5.74) is 0. The molecule has 48 valence electrons. The predicted molar refractivity (Wildman–Crippen MR) is 48.0 cm³/mol. The van der Waals surface area contributed by atoms with Crippen LogP contribution in [0.2, 0.25) is 0 Å². The second-order valence-electron chi connectivity index (χ2n) is 1.22. The number of thiol groups is 1. The molecule has 0 aliphatic carbocycles. The molecule has 0 unspecified atom stereocenters. The van der Waals surface area contributed by atoms with Crippen LogP contribution in [-0.2, 0) is 0 Å². The molecule has 1 nitrogen and oxygen atoms in total. The molecule has 0 heterocycles. The fourth-order valence-corrected chi connectivity index (χ4v) is 0.780. The van der Waals surface area contributed by atoms with Crippen molar-refractivity contribution in [2.45, 2.75) is 0 Å². The van der Waals surface area contributed by atoms with Crippen molar-refractivity contribution in [3.8, 4) is 0 Å². The first kappa shape index (κ1) is 8.59. The van der Waals surface area contributed by atoms with Crippen molar-refractivity contribution in [3.63, 3.8) is 0 Å². The van der Waals surface area contributed by atoms with Crippen molar-refractivity contribution in [3.05, 3.63) is 0 Å². The molecule has 0 spiro atoms. The molecule has 0 aliphatic heterocycles. The van der Waals surface area contributed by atoms with E-state index in [0.29, 0.717) is 4.32 Å². The minimum atomic E-state index is 0.582. The van der Waals surface area contributed by atoms with Crippen LogP contribution >= 0.6 is 36.6 Å². The van der Waals surface area contributed by atoms with Crippen LogP contribution in [0.3, 0.4) is 0 Å². The van der Waals surface area contributed by atoms with Gasteiger partial charge in [0.15, 0.2) is 0 Å². The number of hydrogen-bond acceptors (Lipinski definition) is 2. The van der Waals surface area contributed by atoms with Gasteiger partial charge in [-0.05, 0) is 6.26 Å². The van der Waals surface area contributed by atoms with Crippen molar-refractivity contribution in [2.24, 2.45) is 0 Å². The fourth-order valence-electron chi connectivity index (χ4n) is 0.260. The maximum absolute atomic E-state index is 4.65. The SMILES string of the molecule is CSCCNC(=S)S. The molecule has 0 fully saturated rings. The first-order valence-electron chi connectivity index (χ1n) is 2.23. The topological polar surface area (TPSA) is 12.0 Å². The third-order valence-electron chi connectivity index (χ3n) is 0.582. The van der Waals surface area contributed by atoms with Crippen LogP contribution in [0.25, 0.3) is 0 Å². The van der Waals surface area contributed by atoms with E-state index in [1.54, 1.807) is 11.8 Å². The summed E-state index contributed by atoms with van der Waals surface area (Å²) < 4.78 is 0.582. The van der Waals surface area contributed by atoms with E-state index in [1.807, 2.05) is 0 Å². The van der Waals surface area contributed by atoms with E-state index in [2.05, 4.69) is 36.4 Å². The minimum Gasteiger partial charge on any atom is -0.370 e. The monoisotopic (exact) mass is 167 g/mol. The molecule has 0 radical (unpaired) electrons. The summed E-state index contributed by atoms with van der Waals surface area (Å²) in [6, 6.07) is 0. The minimum absolute atomic E-state index is 0.582. The largest absolute Gasteiger partial charge is 0.370 e. The zero-order valence-electron chi connectivity index (χ0n) is 4.68. The first-order chi connectivity index (χ1) is 3.77. The summed E-state index contributed by atoms with van der Waals surface area (Å²) in [6.07, 6.45) is 2.06. The highest BCUT2D eigenvalue weighted by Gasteiger charge is 1.83. The molecule has 0 aromatic rings. The molecule has 0 atom stereocenters. The van der Waals surface area contributed by atoms with E-state index >= 15 is 0 Å². The van der Waals surface area contributed by atoms with E-state index in [0.717, 1.165) is 12.3 Å². The summed E-state index contributed by atoms with van der Waals surface area (Å²) >= 11 is 10.3. The summed E-state index contributed by atoms with van der Waals surface area (Å²) in [6.45, 7) is 0.920. The molecule has 0 amide bonds. The number of thiocarbonyl (C=S) groups is 1. The summed E-state index contributed by atoms with van der Waals surface area (Å²) in [5, 5.41) is 2.92. The van der Waals surface area contributed by atoms with Crippen LogP contribution in [0.4, 0.5) is 0 Å². The Balaban J connectivity index is 2.82. The van der Waals surface area contributed by atoms with E-state index in [4.69, 9.17) is 0 Å². The van der Waals surface area contributed by atoms with Crippen LogP contribution in [0, 0.1) is 0 Å². The Labute approximate surface area is 65.0 Å². The maximum atomic E-state index is 4.65. The Morgan fingerprint density at radius 3 is 2.88 bits per heavy atom. The lowest BCUT2D eigenvalue weighted by molar-refractivity contribution is 1.01. The maximum Gasteiger partial charge on any atom is 0.130 e. The average molecular weight is 167 g/mol. The Bertz CT molecular complexity index is 73.7. The molecule has 0 saturated carbocycles. The summed E-state index contributed by atoms with van der Waals surface area (Å²) in [7, 11) is 0. The molecule has 0 bridgehead atoms. The first-order valence-corrected chi connectivity index (χ1v) is 4.48. The van der Waals surface area contributed by atoms with Crippen LogP contribution in [-0.4, -0.2) is 22.9 Å². The van der Waals surface area contributed by atoms with E-state index in [1.165, 1.54) is 0 Å². The van der Waals surface area contributed by atoms with E-state index in [9.17, 15) is 0 Å². The number of thioether (sulfide) groups is 1. The van der Waals surface area contributed by atoms with E-state index < -0.39 is 0 Å². The number of hydrogen-bond donors (Lipinski definition) is 2. The van der Waals surface area contributed by atoms with Crippen LogP contribution in [0.15, 0.2) is 0 Å². The van der Waals surface area contributed by atoms with E-state index in [-0.39, 0.29) is 0 Å². The Morgan fingerprint density at radius 2 is 2.50 bits per heavy atom. The second-order valence-corrected chi connectivity index (χ2v) is 3.37. The van der Waals surface area contributed by atoms with Crippen molar-refractivity contribution < 1.29 is 0 Å². The highest BCUT2D eigenvalue weighted by molar-refractivity contribution is 8.11. The van der Waals surface area contributed by atoms with Gasteiger partial charge in [-0.15, -0.1) is 12.6 Å². The van der Waals surface area contributed by atoms with Crippen molar-refractivity contribution in [2.75, 3.05) is 18.6 Å². The van der Waals surface area contributed by atoms with Crippen LogP contribution in [0.1, 0.15) is 0 Å². The summed E-state index contributed by atoms with van der Waals surface area (Å²) in [4.78, 5) is 0. The zero-order valence-corrected chi connectivity index (χ0v) is 7.21. The van der Waals surface area contributed by atoms with Gasteiger partial charge in [0, 0.05) is 12.3 Å². The normalized spacial score (nSPS) is 8.75. The van der Waals surface area contributed by atoms with Gasteiger partial charge in [0.2, 0.25) is 0 Å². The number of nitrogens with one attached hydrogen (secondary N) is 1. The lowest BCUT2D eigenvalue weighted by Crippen LogP contribution is -2.18. The van der Waals surface area contributed by atoms with Gasteiger partial charge in [0.1, 0.15) is 4.32 Å². The lowest BCUT2D eigenvalue weighted by Gasteiger charge is -1.98. The average Bonchev–Trinajstić information content (AvgIpc) is 1.66. The quantitative estimate of drug-likeness (QED) is 0.372. The molecule has 0 aliphatic rings. The van der Waals surface area contributed by atoms with Crippen LogP contribution < -0.4 is 5.32 Å². The highest BCUT2D eigenvalue weighted by Crippen LogP contribution is 1.87. The molecule has 1 N–H and O–H groups in total. The van der Waals surface area contributed by atoms with Crippen LogP contribution in [0.5, 0.6) is 0 Å². The lowest BCUT2D eigenvalue weighted by atomic mass is 10.8. The molecule has 4 heteroatoms. The summed E-state index contributed by atoms with van der Waals surface area (Å²) in [5.74, 6) is 1.08. The molecule has 0 aromatic carbocycles. The van der Waals surface area contributed by atoms with Gasteiger partial charge in [-0.2, -0.15) is 11.8 Å². The van der Waals surface area contributed by atoms with Gasteiger partial charge in [-0.1, -0.05) is 12.2 Å². The van der Waals surface area contributed by atoms with Gasteiger partial charge in [-0.25, -0.2) is 0 Å². The molecule has 0 rings (SSSR count). The smallest absolute Gasteiger partial charge is 0.130 e. The molecular formula is C4H9NS3. The third-order valence-corrected chi connectivity index (χ3v) is 1.50. The number of rotatable bonds is 3. The van der Waals surface area contributed by atoms with Gasteiger partial charge in [0.05, 0.1) is 0 Å². The molecule has 0 saturated heterocycles. The second kappa shape index (κ2) is 5.72. The van der Waals surface area contributed by atoms with Crippen molar-refractivity contribution >= 4 is 40.9 Å². The molecule has 0 aromatic heterocycles. The fraction of sp³-hybridized carbons (Fsp3) is 0.750. The third kappa shape index (κ3) is 6.59. The molecular weight excluding hydrogens is 158 g/mol. The Hall–Kier alpha value is 0.590. The molecule has 8 heavy (non-hydrogen) atoms. The van der Waals surface area contributed by atoms with Crippen molar-refractivity contribution in [1.29, 1.82) is 0 Å². The predicted octanol–water partition coefficient (Wildman–Crippen LogP) is 1.15. The standard InChI is InChI=1S/C4H9NS3/c1-8-3-2-5-4(6)7/h2-3H2,1H3,(H2,5,6,7). The highest BCUT2D eigenvalue weighted by atomic mass is 32.2. The Morgan fingerprint density at radius 1 is 1.88 bits per heavy atom. The van der Waals surface area contributed by atoms with Gasteiger partial charge >= 0.3 is 0 Å². The Kier molecular flexibility index (Phi) is 6.14. The van der Waals surface area contributed by atoms with Crippen molar-refractivity contribution in [1.82, 2.24) is 5.32 Å². The van der Waals surface area contributed by atoms with Gasteiger partial charge < -0.3 is 5.32 Å². The van der Waals surface area contributed by atoms with Gasteiger partial charge in [-0.3, -0.25) is 0 Å².